The summed E-state index contributed by atoms with van der Waals surface area (Å²) in [6, 6.07) is 6.28. The number of rotatable bonds is 4. The smallest absolute Gasteiger partial charge is 0.223 e. The Balaban J connectivity index is 1.78. The highest BCUT2D eigenvalue weighted by atomic mass is 16.2. The summed E-state index contributed by atoms with van der Waals surface area (Å²) in [7, 11) is 1.95. The van der Waals surface area contributed by atoms with Crippen molar-refractivity contribution in [2.75, 3.05) is 20.1 Å². The number of nitrogens with one attached hydrogen (secondary N) is 1. The Hall–Kier alpha value is -1.42. The van der Waals surface area contributed by atoms with Gasteiger partial charge in [0.2, 0.25) is 5.91 Å². The van der Waals surface area contributed by atoms with Crippen molar-refractivity contribution in [3.05, 3.63) is 30.1 Å². The highest BCUT2D eigenvalue weighted by Crippen LogP contribution is 2.11. The first-order valence-corrected chi connectivity index (χ1v) is 6.14. The molecule has 1 saturated heterocycles. The van der Waals surface area contributed by atoms with E-state index in [1.807, 2.05) is 30.1 Å². The Morgan fingerprint density at radius 1 is 1.59 bits per heavy atom. The van der Waals surface area contributed by atoms with Gasteiger partial charge in [-0.15, -0.1) is 0 Å². The lowest BCUT2D eigenvalue weighted by atomic mass is 10.2. The molecule has 17 heavy (non-hydrogen) atoms. The molecule has 1 aliphatic rings. The first-order valence-electron chi connectivity index (χ1n) is 6.14. The highest BCUT2D eigenvalue weighted by molar-refractivity contribution is 5.76. The van der Waals surface area contributed by atoms with Crippen LogP contribution < -0.4 is 5.32 Å². The normalized spacial score (nSPS) is 19.6. The van der Waals surface area contributed by atoms with Gasteiger partial charge in [0, 0.05) is 37.4 Å². The van der Waals surface area contributed by atoms with E-state index in [2.05, 4.69) is 10.3 Å². The summed E-state index contributed by atoms with van der Waals surface area (Å²) in [6.07, 6.45) is 4.13. The van der Waals surface area contributed by atoms with Gasteiger partial charge in [0.15, 0.2) is 0 Å². The molecule has 2 heterocycles. The number of carbonyl (C=O) groups is 1. The average Bonchev–Trinajstić information content (AvgIpc) is 2.86. The van der Waals surface area contributed by atoms with Crippen LogP contribution in [0.25, 0.3) is 0 Å². The van der Waals surface area contributed by atoms with Gasteiger partial charge in [-0.3, -0.25) is 9.78 Å². The monoisotopic (exact) mass is 233 g/mol. The second-order valence-corrected chi connectivity index (χ2v) is 4.44. The molecule has 92 valence electrons. The Labute approximate surface area is 102 Å². The standard InChI is InChI=1S/C13H19N3O/c1-14-12-7-9-16(10-12)13(17)6-5-11-4-2-3-8-15-11/h2-4,8,12,14H,5-7,9-10H2,1H3. The average molecular weight is 233 g/mol. The molecule has 0 spiro atoms. The third kappa shape index (κ3) is 3.27. The molecule has 4 nitrogen and oxygen atoms in total. The molecule has 0 aromatic carbocycles. The van der Waals surface area contributed by atoms with Gasteiger partial charge in [0.05, 0.1) is 0 Å². The minimum atomic E-state index is 0.244. The molecule has 0 radical (unpaired) electrons. The van der Waals surface area contributed by atoms with Crippen molar-refractivity contribution >= 4 is 5.91 Å². The van der Waals surface area contributed by atoms with Crippen LogP contribution in [0.2, 0.25) is 0 Å². The molecule has 1 aromatic rings. The lowest BCUT2D eigenvalue weighted by Crippen LogP contribution is -2.33. The van der Waals surface area contributed by atoms with Crippen LogP contribution in [0.4, 0.5) is 0 Å². The quantitative estimate of drug-likeness (QED) is 0.838. The molecule has 1 atom stereocenters. The number of carbonyl (C=O) groups excluding carboxylic acids is 1. The molecular weight excluding hydrogens is 214 g/mol. The molecule has 1 fully saturated rings. The maximum absolute atomic E-state index is 12.0. The number of nitrogens with zero attached hydrogens (tertiary/aromatic N) is 2. The largest absolute Gasteiger partial charge is 0.341 e. The topological polar surface area (TPSA) is 45.2 Å². The Morgan fingerprint density at radius 3 is 3.12 bits per heavy atom. The van der Waals surface area contributed by atoms with Gasteiger partial charge in [-0.2, -0.15) is 0 Å². The van der Waals surface area contributed by atoms with E-state index in [-0.39, 0.29) is 5.91 Å². The molecule has 1 unspecified atom stereocenters. The van der Waals surface area contributed by atoms with Crippen molar-refractivity contribution in [3.8, 4) is 0 Å². The van der Waals surface area contributed by atoms with E-state index in [1.165, 1.54) is 0 Å². The maximum atomic E-state index is 12.0. The van der Waals surface area contributed by atoms with Crippen LogP contribution in [0.15, 0.2) is 24.4 Å². The van der Waals surface area contributed by atoms with E-state index in [9.17, 15) is 4.79 Å². The fourth-order valence-corrected chi connectivity index (χ4v) is 2.16. The van der Waals surface area contributed by atoms with Crippen molar-refractivity contribution < 1.29 is 4.79 Å². The number of likely N-dealkylation sites (tertiary alicyclic amines) is 1. The van der Waals surface area contributed by atoms with Crippen LogP contribution in [0.1, 0.15) is 18.5 Å². The summed E-state index contributed by atoms with van der Waals surface area (Å²) < 4.78 is 0. The zero-order chi connectivity index (χ0) is 12.1. The van der Waals surface area contributed by atoms with Crippen molar-refractivity contribution in [1.82, 2.24) is 15.2 Å². The lowest BCUT2D eigenvalue weighted by Gasteiger charge is -2.16. The van der Waals surface area contributed by atoms with E-state index in [4.69, 9.17) is 0 Å². The molecule has 1 aliphatic heterocycles. The number of hydrogen-bond donors (Lipinski definition) is 1. The molecule has 4 heteroatoms. The van der Waals surface area contributed by atoms with Gasteiger partial charge < -0.3 is 10.2 Å². The zero-order valence-electron chi connectivity index (χ0n) is 10.2. The molecule has 0 saturated carbocycles. The molecule has 0 bridgehead atoms. The summed E-state index contributed by atoms with van der Waals surface area (Å²) >= 11 is 0. The van der Waals surface area contributed by atoms with Gasteiger partial charge >= 0.3 is 0 Å². The second-order valence-electron chi connectivity index (χ2n) is 4.44. The molecule has 1 amide bonds. The lowest BCUT2D eigenvalue weighted by molar-refractivity contribution is -0.130. The third-order valence-electron chi connectivity index (χ3n) is 3.27. The maximum Gasteiger partial charge on any atom is 0.223 e. The Bertz CT molecular complexity index is 366. The molecule has 0 aliphatic carbocycles. The second kappa shape index (κ2) is 5.77. The van der Waals surface area contributed by atoms with E-state index < -0.39 is 0 Å². The van der Waals surface area contributed by atoms with Gasteiger partial charge in [-0.25, -0.2) is 0 Å². The Kier molecular flexibility index (Phi) is 4.09. The molecule has 1 aromatic heterocycles. The Morgan fingerprint density at radius 2 is 2.47 bits per heavy atom. The summed E-state index contributed by atoms with van der Waals surface area (Å²) in [6.45, 7) is 1.73. The van der Waals surface area contributed by atoms with Crippen LogP contribution in [0, 0.1) is 0 Å². The van der Waals surface area contributed by atoms with Gasteiger partial charge in [0.25, 0.3) is 0 Å². The fourth-order valence-electron chi connectivity index (χ4n) is 2.16. The van der Waals surface area contributed by atoms with Crippen LogP contribution in [0.3, 0.4) is 0 Å². The minimum absolute atomic E-state index is 0.244. The first-order chi connectivity index (χ1) is 8.29. The first kappa shape index (κ1) is 12.0. The number of aromatic nitrogens is 1. The summed E-state index contributed by atoms with van der Waals surface area (Å²) in [5, 5.41) is 3.22. The number of hydrogen-bond acceptors (Lipinski definition) is 3. The number of aryl methyl sites for hydroxylation is 1. The summed E-state index contributed by atoms with van der Waals surface area (Å²) in [5.74, 6) is 0.244. The van der Waals surface area contributed by atoms with Crippen LogP contribution in [0.5, 0.6) is 0 Å². The van der Waals surface area contributed by atoms with E-state index >= 15 is 0 Å². The van der Waals surface area contributed by atoms with Crippen molar-refractivity contribution in [1.29, 1.82) is 0 Å². The van der Waals surface area contributed by atoms with Gasteiger partial charge in [0.1, 0.15) is 0 Å². The van der Waals surface area contributed by atoms with Crippen LogP contribution in [-0.2, 0) is 11.2 Å². The predicted octanol–water partition coefficient (Wildman–Crippen LogP) is 0.834. The summed E-state index contributed by atoms with van der Waals surface area (Å²) in [4.78, 5) is 18.1. The third-order valence-corrected chi connectivity index (χ3v) is 3.27. The fraction of sp³-hybridized carbons (Fsp3) is 0.538. The molecule has 2 rings (SSSR count). The zero-order valence-corrected chi connectivity index (χ0v) is 10.2. The van der Waals surface area contributed by atoms with E-state index in [0.29, 0.717) is 12.5 Å². The predicted molar refractivity (Wildman–Crippen MR) is 66.6 cm³/mol. The van der Waals surface area contributed by atoms with Crippen LogP contribution in [-0.4, -0.2) is 42.0 Å². The molecular formula is C13H19N3O. The minimum Gasteiger partial charge on any atom is -0.341 e. The van der Waals surface area contributed by atoms with Crippen LogP contribution >= 0.6 is 0 Å². The van der Waals surface area contributed by atoms with Crippen molar-refractivity contribution in [2.45, 2.75) is 25.3 Å². The van der Waals surface area contributed by atoms with E-state index in [1.54, 1.807) is 6.20 Å². The highest BCUT2D eigenvalue weighted by Gasteiger charge is 2.24. The molecule has 1 N–H and O–H groups in total. The van der Waals surface area contributed by atoms with Gasteiger partial charge in [-0.05, 0) is 32.0 Å². The summed E-state index contributed by atoms with van der Waals surface area (Å²) in [5.41, 5.74) is 0.991. The SMILES string of the molecule is CNC1CCN(C(=O)CCc2ccccn2)C1. The van der Waals surface area contributed by atoms with Crippen molar-refractivity contribution in [2.24, 2.45) is 0 Å². The number of likely N-dealkylation sites (N-methyl/N-ethyl adjacent to an activating group) is 1. The number of pyridine rings is 1. The van der Waals surface area contributed by atoms with E-state index in [0.717, 1.165) is 31.6 Å². The van der Waals surface area contributed by atoms with Crippen molar-refractivity contribution in [3.63, 3.8) is 0 Å². The van der Waals surface area contributed by atoms with Gasteiger partial charge in [-0.1, -0.05) is 6.07 Å². The number of amides is 1.